The van der Waals surface area contributed by atoms with Gasteiger partial charge in [0.1, 0.15) is 17.8 Å². The summed E-state index contributed by atoms with van der Waals surface area (Å²) in [5.41, 5.74) is -0.914. The van der Waals surface area contributed by atoms with Crippen LogP contribution in [0.15, 0.2) is 29.1 Å². The Labute approximate surface area is 280 Å². The molecular formula is C31H30ClF3N8O6. The second-order valence-corrected chi connectivity index (χ2v) is 12.6. The molecule has 7 rings (SSSR count). The minimum absolute atomic E-state index is 0.0285. The van der Waals surface area contributed by atoms with Crippen molar-refractivity contribution in [3.05, 3.63) is 73.7 Å². The lowest BCUT2D eigenvalue weighted by Crippen LogP contribution is -2.47. The molecule has 0 radical (unpaired) electrons. The fourth-order valence-electron chi connectivity index (χ4n) is 6.70. The zero-order valence-corrected chi connectivity index (χ0v) is 27.0. The lowest BCUT2D eigenvalue weighted by atomic mass is 9.85. The molecule has 3 N–H and O–H groups in total. The zero-order chi connectivity index (χ0) is 34.8. The highest BCUT2D eigenvalue weighted by molar-refractivity contribution is 6.33. The molecule has 3 aliphatic heterocycles. The van der Waals surface area contributed by atoms with E-state index in [4.69, 9.17) is 21.1 Å². The van der Waals surface area contributed by atoms with Crippen LogP contribution in [0.1, 0.15) is 71.1 Å². The lowest BCUT2D eigenvalue weighted by molar-refractivity contribution is -0.137. The molecule has 2 amide bonds. The van der Waals surface area contributed by atoms with Gasteiger partial charge in [0.25, 0.3) is 11.5 Å². The van der Waals surface area contributed by atoms with Crippen LogP contribution in [0.5, 0.6) is 5.75 Å². The first-order valence-corrected chi connectivity index (χ1v) is 15.8. The van der Waals surface area contributed by atoms with E-state index >= 15 is 0 Å². The van der Waals surface area contributed by atoms with Crippen LogP contribution >= 0.6 is 11.6 Å². The number of halogens is 4. The summed E-state index contributed by atoms with van der Waals surface area (Å²) in [6.45, 7) is 4.06. The van der Waals surface area contributed by atoms with Gasteiger partial charge in [-0.1, -0.05) is 17.7 Å². The Morgan fingerprint density at radius 2 is 2.00 bits per heavy atom. The molecule has 6 heterocycles. The van der Waals surface area contributed by atoms with Crippen LogP contribution in [0.4, 0.5) is 18.9 Å². The molecule has 1 spiro atoms. The molecule has 3 aliphatic rings. The number of fused-ring (bicyclic) bond motifs is 3. The molecule has 4 aromatic rings. The van der Waals surface area contributed by atoms with E-state index in [1.807, 2.05) is 6.08 Å². The second kappa shape index (κ2) is 12.0. The largest absolute Gasteiger partial charge is 0.504 e. The van der Waals surface area contributed by atoms with Gasteiger partial charge >= 0.3 is 6.18 Å². The van der Waals surface area contributed by atoms with Crippen molar-refractivity contribution < 1.29 is 37.3 Å². The summed E-state index contributed by atoms with van der Waals surface area (Å²) < 4.78 is 54.2. The average Bonchev–Trinajstić information content (AvgIpc) is 3.74. The summed E-state index contributed by atoms with van der Waals surface area (Å²) >= 11 is 6.11. The number of ether oxygens (including phenoxy) is 2. The Bertz CT molecular complexity index is 2100. The van der Waals surface area contributed by atoms with E-state index in [1.165, 1.54) is 9.47 Å². The van der Waals surface area contributed by atoms with E-state index in [0.29, 0.717) is 31.2 Å². The van der Waals surface area contributed by atoms with Gasteiger partial charge in [0.15, 0.2) is 17.3 Å². The van der Waals surface area contributed by atoms with Crippen molar-refractivity contribution in [2.75, 3.05) is 31.6 Å². The third-order valence-corrected chi connectivity index (χ3v) is 9.45. The molecule has 18 heteroatoms. The van der Waals surface area contributed by atoms with Crippen molar-refractivity contribution >= 4 is 40.5 Å². The third kappa shape index (κ3) is 5.64. The van der Waals surface area contributed by atoms with Crippen molar-refractivity contribution in [1.29, 1.82) is 0 Å². The Kier molecular flexibility index (Phi) is 8.03. The number of hydrogen-bond acceptors (Lipinski definition) is 9. The minimum atomic E-state index is -4.62. The number of carbonyl (C=O) groups is 2. The van der Waals surface area contributed by atoms with Gasteiger partial charge in [-0.2, -0.15) is 27.8 Å². The maximum absolute atomic E-state index is 14.3. The summed E-state index contributed by atoms with van der Waals surface area (Å²) in [6.07, 6.45) is -2.53. The molecule has 3 aromatic heterocycles. The number of hydrogen-bond donors (Lipinski definition) is 3. The van der Waals surface area contributed by atoms with E-state index < -0.39 is 47.4 Å². The first-order valence-electron chi connectivity index (χ1n) is 15.5. The first kappa shape index (κ1) is 32.8. The number of likely N-dealkylation sites (tertiary alicyclic amines) is 1. The molecule has 1 aromatic carbocycles. The van der Waals surface area contributed by atoms with Gasteiger partial charge in [-0.15, -0.1) is 5.10 Å². The number of aromatic nitrogens is 6. The van der Waals surface area contributed by atoms with Crippen molar-refractivity contribution in [3.63, 3.8) is 0 Å². The smallest absolute Gasteiger partial charge is 0.416 e. The number of aryl methyl sites for hydroxylation is 1. The molecular weight excluding hydrogens is 673 g/mol. The summed E-state index contributed by atoms with van der Waals surface area (Å²) in [5.74, 6) is -0.959. The molecule has 49 heavy (non-hydrogen) atoms. The number of H-pyrrole nitrogens is 1. The van der Waals surface area contributed by atoms with Crippen LogP contribution in [0.2, 0.25) is 5.02 Å². The Morgan fingerprint density at radius 1 is 1.24 bits per heavy atom. The maximum Gasteiger partial charge on any atom is 0.416 e. The highest BCUT2D eigenvalue weighted by atomic mass is 35.5. The molecule has 1 saturated heterocycles. The summed E-state index contributed by atoms with van der Waals surface area (Å²) in [6, 6.07) is 2.61. The number of nitrogens with one attached hydrogen (secondary N) is 2. The fourth-order valence-corrected chi connectivity index (χ4v) is 6.93. The van der Waals surface area contributed by atoms with Gasteiger partial charge in [-0.25, -0.2) is 0 Å². The highest BCUT2D eigenvalue weighted by Crippen LogP contribution is 2.48. The predicted molar refractivity (Wildman–Crippen MR) is 167 cm³/mol. The molecule has 14 nitrogen and oxygen atoms in total. The summed E-state index contributed by atoms with van der Waals surface area (Å²) in [4.78, 5) is 47.2. The molecule has 1 atom stereocenters. The fraction of sp³-hybridized carbons (Fsp3) is 0.419. The molecule has 1 unspecified atom stereocenters. The molecule has 0 aliphatic carbocycles. The summed E-state index contributed by atoms with van der Waals surface area (Å²) in [7, 11) is 0. The molecule has 258 valence electrons. The molecule has 0 bridgehead atoms. The SMILES string of the molecule is Cc1n[nH]c(C(=O)N2CCC3(CC2)OC(C)c2c3c(=O)n3nc(C4=CCOCC4)nc3n2CC(=O)Nc2ccc(C(F)(F)F)cc2Cl)c1O. The van der Waals surface area contributed by atoms with E-state index in [1.54, 1.807) is 13.8 Å². The monoisotopic (exact) mass is 702 g/mol. The van der Waals surface area contributed by atoms with Gasteiger partial charge in [0, 0.05) is 13.1 Å². The highest BCUT2D eigenvalue weighted by Gasteiger charge is 2.50. The van der Waals surface area contributed by atoms with E-state index in [-0.39, 0.29) is 65.1 Å². The standard InChI is InChI=1S/C31H30ClF3N8O6/c1-15-25(45)23(39-38-15)28(47)41-9-7-30(8-10-41)22-24(16(2)49-30)42(14-21(44)36-20-4-3-18(13-19(20)32)31(33,34)35)29-37-26(40-43(29)27(22)46)17-5-11-48-12-6-17/h3-5,13,16,45H,6-12,14H2,1-2H3,(H,36,44)(H,38,39). The Balaban J connectivity index is 1.26. The number of anilines is 1. The van der Waals surface area contributed by atoms with Gasteiger partial charge in [0.2, 0.25) is 11.7 Å². The lowest BCUT2D eigenvalue weighted by Gasteiger charge is -2.38. The number of aromatic amines is 1. The van der Waals surface area contributed by atoms with Gasteiger partial charge < -0.3 is 29.4 Å². The van der Waals surface area contributed by atoms with Gasteiger partial charge in [-0.3, -0.25) is 19.5 Å². The van der Waals surface area contributed by atoms with Crippen LogP contribution in [0.25, 0.3) is 11.4 Å². The number of piperidine rings is 1. The maximum atomic E-state index is 14.3. The van der Waals surface area contributed by atoms with Crippen molar-refractivity contribution in [1.82, 2.24) is 34.3 Å². The van der Waals surface area contributed by atoms with E-state index in [9.17, 15) is 32.7 Å². The van der Waals surface area contributed by atoms with Crippen LogP contribution in [0, 0.1) is 6.92 Å². The Morgan fingerprint density at radius 3 is 2.63 bits per heavy atom. The first-order chi connectivity index (χ1) is 23.3. The van der Waals surface area contributed by atoms with Crippen molar-refractivity contribution in [2.45, 2.75) is 57.5 Å². The number of rotatable bonds is 5. The molecule has 1 fully saturated rings. The van der Waals surface area contributed by atoms with Crippen LogP contribution in [0.3, 0.4) is 0 Å². The average molecular weight is 703 g/mol. The number of alkyl halides is 3. The van der Waals surface area contributed by atoms with Crippen LogP contribution in [-0.2, 0) is 32.6 Å². The van der Waals surface area contributed by atoms with E-state index in [0.717, 1.165) is 28.3 Å². The van der Waals surface area contributed by atoms with E-state index in [2.05, 4.69) is 25.6 Å². The molecule has 0 saturated carbocycles. The third-order valence-electron chi connectivity index (χ3n) is 9.14. The minimum Gasteiger partial charge on any atom is -0.504 e. The predicted octanol–water partition coefficient (Wildman–Crippen LogP) is 3.97. The number of aromatic hydroxyl groups is 1. The number of benzene rings is 1. The quantitative estimate of drug-likeness (QED) is 0.279. The number of amides is 2. The topological polar surface area (TPSA) is 169 Å². The van der Waals surface area contributed by atoms with Gasteiger partial charge in [-0.05, 0) is 56.9 Å². The van der Waals surface area contributed by atoms with Crippen LogP contribution < -0.4 is 10.9 Å². The normalized spacial score (nSPS) is 18.9. The number of nitrogens with zero attached hydrogens (tertiary/aromatic N) is 6. The summed E-state index contributed by atoms with van der Waals surface area (Å²) in [5, 5.41) is 23.5. The Hall–Kier alpha value is -4.74. The van der Waals surface area contributed by atoms with Crippen LogP contribution in [-0.4, -0.2) is 77.5 Å². The zero-order valence-electron chi connectivity index (χ0n) is 26.2. The second-order valence-electron chi connectivity index (χ2n) is 12.2. The van der Waals surface area contributed by atoms with Crippen molar-refractivity contribution in [3.8, 4) is 5.75 Å². The van der Waals surface area contributed by atoms with Crippen molar-refractivity contribution in [2.24, 2.45) is 0 Å². The van der Waals surface area contributed by atoms with Gasteiger partial charge in [0.05, 0.1) is 46.8 Å². The number of carbonyl (C=O) groups excluding carboxylic acids is 2.